The number of anilines is 1. The van der Waals surface area contributed by atoms with E-state index in [0.717, 1.165) is 42.2 Å². The van der Waals surface area contributed by atoms with E-state index in [4.69, 9.17) is 27.8 Å². The Balaban J connectivity index is 1.60. The first-order chi connectivity index (χ1) is 16.8. The van der Waals surface area contributed by atoms with Gasteiger partial charge in [0.2, 0.25) is 5.13 Å². The molecule has 13 heteroatoms. The lowest BCUT2D eigenvalue weighted by molar-refractivity contribution is 0.489. The number of aromatic nitrogens is 3. The molecule has 0 spiro atoms. The summed E-state index contributed by atoms with van der Waals surface area (Å²) in [6.07, 6.45) is 4.21. The van der Waals surface area contributed by atoms with Gasteiger partial charge in [0.1, 0.15) is 11.2 Å². The predicted octanol–water partition coefficient (Wildman–Crippen LogP) is 4.43. The normalized spacial score (nSPS) is 15.2. The van der Waals surface area contributed by atoms with Crippen molar-refractivity contribution in [3.05, 3.63) is 75.5 Å². The van der Waals surface area contributed by atoms with E-state index in [9.17, 15) is 13.2 Å². The first-order valence-corrected chi connectivity index (χ1v) is 13.5. The van der Waals surface area contributed by atoms with Gasteiger partial charge < -0.3 is 9.73 Å². The summed E-state index contributed by atoms with van der Waals surface area (Å²) in [6, 6.07) is 10.1. The summed E-state index contributed by atoms with van der Waals surface area (Å²) >= 11 is 13.3. The van der Waals surface area contributed by atoms with Crippen LogP contribution in [0.25, 0.3) is 16.7 Å². The fourth-order valence-electron chi connectivity index (χ4n) is 4.19. The molecule has 2 aromatic carbocycles. The van der Waals surface area contributed by atoms with E-state index in [0.29, 0.717) is 9.34 Å². The first-order valence-electron chi connectivity index (χ1n) is 10.6. The van der Waals surface area contributed by atoms with E-state index in [2.05, 4.69) is 20.8 Å². The number of benzene rings is 2. The van der Waals surface area contributed by atoms with Crippen LogP contribution in [0.15, 0.2) is 62.9 Å². The predicted molar refractivity (Wildman–Crippen MR) is 137 cm³/mol. The highest BCUT2D eigenvalue weighted by molar-refractivity contribution is 7.94. The van der Waals surface area contributed by atoms with Crippen LogP contribution in [0, 0.1) is 0 Å². The minimum absolute atomic E-state index is 0.0423. The Kier molecular flexibility index (Phi) is 6.45. The second-order valence-corrected chi connectivity index (χ2v) is 11.3. The van der Waals surface area contributed by atoms with Crippen molar-refractivity contribution >= 4 is 66.7 Å². The fraction of sp³-hybridized carbons (Fsp3) is 0.227. The molecule has 0 saturated carbocycles. The van der Waals surface area contributed by atoms with Gasteiger partial charge >= 0.3 is 5.76 Å². The quantitative estimate of drug-likeness (QED) is 0.353. The molecule has 2 aromatic heterocycles. The van der Waals surface area contributed by atoms with Crippen LogP contribution in [0.3, 0.4) is 0 Å². The number of hydrogen-bond donors (Lipinski definition) is 1. The molecule has 0 aliphatic carbocycles. The maximum Gasteiger partial charge on any atom is 0.420 e. The van der Waals surface area contributed by atoms with Gasteiger partial charge in [-0.3, -0.25) is 4.57 Å². The monoisotopic (exact) mass is 551 g/mol. The highest BCUT2D eigenvalue weighted by atomic mass is 35.5. The van der Waals surface area contributed by atoms with Crippen LogP contribution in [-0.2, 0) is 10.0 Å². The minimum atomic E-state index is -4.29. The summed E-state index contributed by atoms with van der Waals surface area (Å²) in [6.45, 7) is 3.56. The zero-order chi connectivity index (χ0) is 24.7. The number of hydrogen-bond acceptors (Lipinski definition) is 8. The SMILES string of the molecule is C[C@H](c1ccccc1C1=CCNCC1)n1c(=O)oc2cc(S(=O)(=O)N(Cl)c3ncns3)c(Cl)cc21. The van der Waals surface area contributed by atoms with Gasteiger partial charge in [0.15, 0.2) is 5.58 Å². The van der Waals surface area contributed by atoms with E-state index < -0.39 is 21.8 Å². The number of nitrogens with one attached hydrogen (secondary N) is 1. The topological polar surface area (TPSA) is 110 Å². The van der Waals surface area contributed by atoms with Gasteiger partial charge in [0.05, 0.1) is 16.6 Å². The van der Waals surface area contributed by atoms with Crippen LogP contribution in [0.1, 0.15) is 30.5 Å². The molecular formula is C22H19Cl2N5O4S2. The third-order valence-corrected chi connectivity index (χ3v) is 9.35. The van der Waals surface area contributed by atoms with Gasteiger partial charge in [-0.2, -0.15) is 12.8 Å². The molecule has 0 unspecified atom stereocenters. The van der Waals surface area contributed by atoms with Gasteiger partial charge in [-0.25, -0.2) is 9.78 Å². The van der Waals surface area contributed by atoms with Crippen LogP contribution in [0.2, 0.25) is 5.02 Å². The summed E-state index contributed by atoms with van der Waals surface area (Å²) < 4.78 is 37.3. The number of oxazole rings is 1. The lowest BCUT2D eigenvalue weighted by atomic mass is 9.92. The molecule has 35 heavy (non-hydrogen) atoms. The van der Waals surface area contributed by atoms with E-state index >= 15 is 0 Å². The zero-order valence-electron chi connectivity index (χ0n) is 18.3. The summed E-state index contributed by atoms with van der Waals surface area (Å²) in [7, 11) is -4.29. The second kappa shape index (κ2) is 9.40. The molecule has 3 heterocycles. The molecule has 4 aromatic rings. The Morgan fingerprint density at radius 2 is 2.09 bits per heavy atom. The number of fused-ring (bicyclic) bond motifs is 1. The third-order valence-electron chi connectivity index (χ3n) is 5.86. The first kappa shape index (κ1) is 24.0. The molecule has 0 saturated heterocycles. The Morgan fingerprint density at radius 3 is 2.80 bits per heavy atom. The Hall–Kier alpha value is -2.70. The second-order valence-electron chi connectivity index (χ2n) is 7.88. The lowest BCUT2D eigenvalue weighted by Gasteiger charge is -2.21. The molecule has 9 nitrogen and oxygen atoms in total. The number of nitrogens with zero attached hydrogens (tertiary/aromatic N) is 4. The largest absolute Gasteiger partial charge is 0.420 e. The van der Waals surface area contributed by atoms with E-state index in [1.54, 1.807) is 0 Å². The summed E-state index contributed by atoms with van der Waals surface area (Å²) in [5.41, 5.74) is 3.66. The van der Waals surface area contributed by atoms with Gasteiger partial charge in [-0.15, -0.1) is 3.82 Å². The van der Waals surface area contributed by atoms with Crippen LogP contribution >= 0.6 is 34.9 Å². The Morgan fingerprint density at radius 1 is 1.29 bits per heavy atom. The Labute approximate surface area is 214 Å². The third kappa shape index (κ3) is 4.27. The van der Waals surface area contributed by atoms with Crippen LogP contribution < -0.4 is 14.9 Å². The molecule has 5 rings (SSSR count). The molecule has 0 fully saturated rings. The number of rotatable bonds is 6. The molecule has 182 valence electrons. The lowest BCUT2D eigenvalue weighted by Crippen LogP contribution is -2.23. The number of sulfonamides is 1. The molecule has 1 N–H and O–H groups in total. The van der Waals surface area contributed by atoms with Crippen molar-refractivity contribution < 1.29 is 12.8 Å². The summed E-state index contributed by atoms with van der Waals surface area (Å²) in [5, 5.41) is 3.15. The smallest absolute Gasteiger partial charge is 0.408 e. The van der Waals surface area contributed by atoms with Crippen molar-refractivity contribution in [2.45, 2.75) is 24.3 Å². The average molecular weight is 552 g/mol. The Bertz CT molecular complexity index is 1600. The molecule has 1 atom stereocenters. The highest BCUT2D eigenvalue weighted by Gasteiger charge is 2.30. The maximum atomic E-state index is 13.1. The zero-order valence-corrected chi connectivity index (χ0v) is 21.5. The average Bonchev–Trinajstić information content (AvgIpc) is 3.50. The molecule has 1 aliphatic rings. The van der Waals surface area contributed by atoms with E-state index in [-0.39, 0.29) is 20.6 Å². The molecular weight excluding hydrogens is 533 g/mol. The van der Waals surface area contributed by atoms with Gasteiger partial charge in [-0.1, -0.05) is 41.9 Å². The van der Waals surface area contributed by atoms with Gasteiger partial charge in [0.25, 0.3) is 10.0 Å². The van der Waals surface area contributed by atoms with E-state index in [1.165, 1.54) is 28.6 Å². The standard InChI is InChI=1S/C22H19Cl2N5O4S2/c1-13(15-4-2-3-5-16(15)14-6-8-25-9-7-14)28-18-10-17(23)20(11-19(18)33-22(28)30)35(31,32)29(24)21-26-12-27-34-21/h2-6,10-13,25H,7-9H2,1H3/t13-/m1/s1. The van der Waals surface area contributed by atoms with Crippen molar-refractivity contribution in [2.24, 2.45) is 0 Å². The van der Waals surface area contributed by atoms with E-state index in [1.807, 2.05) is 31.2 Å². The van der Waals surface area contributed by atoms with Crippen molar-refractivity contribution in [3.8, 4) is 0 Å². The fourth-order valence-corrected chi connectivity index (χ4v) is 6.73. The molecule has 0 amide bonds. The van der Waals surface area contributed by atoms with Crippen LogP contribution in [-0.4, -0.2) is 35.4 Å². The van der Waals surface area contributed by atoms with Crippen LogP contribution in [0.5, 0.6) is 0 Å². The number of halogens is 2. The maximum absolute atomic E-state index is 13.1. The van der Waals surface area contributed by atoms with Crippen molar-refractivity contribution in [1.29, 1.82) is 0 Å². The summed E-state index contributed by atoms with van der Waals surface area (Å²) in [5.74, 6) is -0.626. The molecule has 0 bridgehead atoms. The van der Waals surface area contributed by atoms with Crippen molar-refractivity contribution in [3.63, 3.8) is 0 Å². The molecule has 1 aliphatic heterocycles. The van der Waals surface area contributed by atoms with Crippen molar-refractivity contribution in [2.75, 3.05) is 16.9 Å². The van der Waals surface area contributed by atoms with Gasteiger partial charge in [0, 0.05) is 35.9 Å². The minimum Gasteiger partial charge on any atom is -0.408 e. The van der Waals surface area contributed by atoms with Gasteiger partial charge in [-0.05, 0) is 42.7 Å². The van der Waals surface area contributed by atoms with Crippen LogP contribution in [0.4, 0.5) is 5.13 Å². The molecule has 0 radical (unpaired) electrons. The highest BCUT2D eigenvalue weighted by Crippen LogP contribution is 2.35. The summed E-state index contributed by atoms with van der Waals surface area (Å²) in [4.78, 5) is 16.5. The van der Waals surface area contributed by atoms with Crippen molar-refractivity contribution in [1.82, 2.24) is 19.2 Å².